The first-order valence-corrected chi connectivity index (χ1v) is 5.29. The molecule has 0 radical (unpaired) electrons. The maximum absolute atomic E-state index is 12.1. The van der Waals surface area contributed by atoms with Gasteiger partial charge in [-0.25, -0.2) is 0 Å². The number of carbonyl (C=O) groups is 2. The maximum atomic E-state index is 12.1. The smallest absolute Gasteiger partial charge is 0.265 e. The van der Waals surface area contributed by atoms with Crippen molar-refractivity contribution in [3.8, 4) is 5.75 Å². The van der Waals surface area contributed by atoms with Gasteiger partial charge in [0.25, 0.3) is 5.91 Å². The van der Waals surface area contributed by atoms with Gasteiger partial charge in [-0.1, -0.05) is 0 Å². The van der Waals surface area contributed by atoms with Crippen LogP contribution in [-0.4, -0.2) is 23.8 Å². The number of benzene rings is 1. The van der Waals surface area contributed by atoms with E-state index in [1.165, 1.54) is 12.3 Å². The molecule has 1 amide bonds. The Kier molecular flexibility index (Phi) is 3.14. The Hall–Kier alpha value is -2.56. The van der Waals surface area contributed by atoms with E-state index in [-0.39, 0.29) is 11.5 Å². The Balaban J connectivity index is 2.26. The van der Waals surface area contributed by atoms with E-state index in [0.717, 1.165) is 0 Å². The zero-order valence-electron chi connectivity index (χ0n) is 9.77. The molecule has 1 heterocycles. The van der Waals surface area contributed by atoms with Gasteiger partial charge in [-0.3, -0.25) is 9.59 Å². The van der Waals surface area contributed by atoms with Crippen molar-refractivity contribution < 1.29 is 14.3 Å². The fourth-order valence-corrected chi connectivity index (χ4v) is 1.58. The van der Waals surface area contributed by atoms with E-state index < -0.39 is 5.91 Å². The first kappa shape index (κ1) is 11.9. The average Bonchev–Trinajstić information content (AvgIpc) is 2.88. The molecule has 5 nitrogen and oxygen atoms in total. The highest BCUT2D eigenvalue weighted by atomic mass is 16.5. The van der Waals surface area contributed by atoms with Crippen LogP contribution in [-0.2, 0) is 0 Å². The second-order valence-electron chi connectivity index (χ2n) is 3.72. The molecule has 0 saturated heterocycles. The minimum atomic E-state index is -0.594. The third-order valence-corrected chi connectivity index (χ3v) is 2.56. The summed E-state index contributed by atoms with van der Waals surface area (Å²) < 4.78 is 5.01. The van der Waals surface area contributed by atoms with Crippen molar-refractivity contribution in [2.45, 2.75) is 0 Å². The molecular weight excluding hydrogens is 232 g/mol. The van der Waals surface area contributed by atoms with E-state index in [9.17, 15) is 9.59 Å². The quantitative estimate of drug-likeness (QED) is 0.796. The number of ketones is 1. The third-order valence-electron chi connectivity index (χ3n) is 2.56. The standard InChI is InChI=1S/C13H12N2O3/c1-18-10-4-2-8(3-5-10)12(16)9-6-11(13(14)17)15-7-9/h2-7,15H,1H3,(H2,14,17). The van der Waals surface area contributed by atoms with Crippen LogP contribution in [0.1, 0.15) is 26.4 Å². The fraction of sp³-hybridized carbons (Fsp3) is 0.0769. The van der Waals surface area contributed by atoms with Crippen LogP contribution < -0.4 is 10.5 Å². The summed E-state index contributed by atoms with van der Waals surface area (Å²) in [6, 6.07) is 8.18. The molecule has 0 saturated carbocycles. The summed E-state index contributed by atoms with van der Waals surface area (Å²) in [5.74, 6) is -0.0939. The predicted molar refractivity (Wildman–Crippen MR) is 65.7 cm³/mol. The number of primary amides is 1. The first-order valence-electron chi connectivity index (χ1n) is 5.29. The lowest BCUT2D eigenvalue weighted by atomic mass is 10.1. The normalized spacial score (nSPS) is 10.1. The number of hydrogen-bond donors (Lipinski definition) is 2. The number of H-pyrrole nitrogens is 1. The molecule has 5 heteroatoms. The van der Waals surface area contributed by atoms with Crippen molar-refractivity contribution in [3.05, 3.63) is 53.3 Å². The Labute approximate surface area is 104 Å². The van der Waals surface area contributed by atoms with E-state index in [1.807, 2.05) is 0 Å². The number of nitrogens with two attached hydrogens (primary N) is 1. The minimum absolute atomic E-state index is 0.179. The molecule has 0 spiro atoms. The Morgan fingerprint density at radius 3 is 2.33 bits per heavy atom. The molecular formula is C13H12N2O3. The molecule has 0 bridgehead atoms. The van der Waals surface area contributed by atoms with E-state index in [4.69, 9.17) is 10.5 Å². The number of nitrogens with one attached hydrogen (secondary N) is 1. The molecule has 0 aliphatic carbocycles. The highest BCUT2D eigenvalue weighted by molar-refractivity contribution is 6.10. The second kappa shape index (κ2) is 4.75. The van der Waals surface area contributed by atoms with E-state index in [2.05, 4.69) is 4.98 Å². The van der Waals surface area contributed by atoms with Gasteiger partial charge in [0.15, 0.2) is 5.78 Å². The van der Waals surface area contributed by atoms with Gasteiger partial charge in [0.2, 0.25) is 0 Å². The van der Waals surface area contributed by atoms with Gasteiger partial charge in [-0.05, 0) is 30.3 Å². The summed E-state index contributed by atoms with van der Waals surface area (Å²) in [6.07, 6.45) is 1.46. The number of carbonyl (C=O) groups excluding carboxylic acids is 2. The largest absolute Gasteiger partial charge is 0.497 e. The molecule has 3 N–H and O–H groups in total. The third kappa shape index (κ3) is 2.24. The second-order valence-corrected chi connectivity index (χ2v) is 3.72. The van der Waals surface area contributed by atoms with Crippen molar-refractivity contribution in [2.75, 3.05) is 7.11 Å². The number of rotatable bonds is 4. The van der Waals surface area contributed by atoms with Gasteiger partial charge < -0.3 is 15.5 Å². The van der Waals surface area contributed by atoms with Gasteiger partial charge in [-0.2, -0.15) is 0 Å². The first-order chi connectivity index (χ1) is 8.61. The Morgan fingerprint density at radius 2 is 1.83 bits per heavy atom. The van der Waals surface area contributed by atoms with Crippen LogP contribution in [0.4, 0.5) is 0 Å². The van der Waals surface area contributed by atoms with Crippen LogP contribution in [0.3, 0.4) is 0 Å². The van der Waals surface area contributed by atoms with Crippen molar-refractivity contribution in [1.82, 2.24) is 4.98 Å². The zero-order chi connectivity index (χ0) is 13.1. The topological polar surface area (TPSA) is 85.2 Å². The van der Waals surface area contributed by atoms with Crippen molar-refractivity contribution in [3.63, 3.8) is 0 Å². The summed E-state index contributed by atoms with van der Waals surface area (Å²) in [7, 11) is 1.56. The van der Waals surface area contributed by atoms with E-state index in [1.54, 1.807) is 31.4 Å². The summed E-state index contributed by atoms with van der Waals surface area (Å²) in [5.41, 5.74) is 6.24. The van der Waals surface area contributed by atoms with E-state index in [0.29, 0.717) is 16.9 Å². The molecule has 1 aromatic heterocycles. The number of ether oxygens (including phenoxy) is 1. The number of aromatic amines is 1. The average molecular weight is 244 g/mol. The number of hydrogen-bond acceptors (Lipinski definition) is 3. The Bertz CT molecular complexity index is 585. The van der Waals surface area contributed by atoms with Crippen molar-refractivity contribution >= 4 is 11.7 Å². The zero-order valence-corrected chi connectivity index (χ0v) is 9.77. The molecule has 2 aromatic rings. The number of amides is 1. The molecule has 92 valence electrons. The molecule has 0 unspecified atom stereocenters. The minimum Gasteiger partial charge on any atom is -0.497 e. The van der Waals surface area contributed by atoms with Gasteiger partial charge in [-0.15, -0.1) is 0 Å². The van der Waals surface area contributed by atoms with Crippen LogP contribution in [0.25, 0.3) is 0 Å². The summed E-state index contributed by atoms with van der Waals surface area (Å²) in [6.45, 7) is 0. The van der Waals surface area contributed by atoms with Crippen LogP contribution in [0.15, 0.2) is 36.5 Å². The highest BCUT2D eigenvalue weighted by Crippen LogP contribution is 2.15. The summed E-state index contributed by atoms with van der Waals surface area (Å²) in [4.78, 5) is 25.6. The molecule has 0 atom stereocenters. The SMILES string of the molecule is COc1ccc(C(=O)c2c[nH]c(C(N)=O)c2)cc1. The van der Waals surface area contributed by atoms with Crippen LogP contribution in [0.2, 0.25) is 0 Å². The molecule has 18 heavy (non-hydrogen) atoms. The van der Waals surface area contributed by atoms with Gasteiger partial charge >= 0.3 is 0 Å². The number of aromatic nitrogens is 1. The van der Waals surface area contributed by atoms with Crippen molar-refractivity contribution in [1.29, 1.82) is 0 Å². The van der Waals surface area contributed by atoms with Crippen LogP contribution in [0, 0.1) is 0 Å². The number of methoxy groups -OCH3 is 1. The predicted octanol–water partition coefficient (Wildman–Crippen LogP) is 1.35. The lowest BCUT2D eigenvalue weighted by molar-refractivity contribution is 0.0995. The lowest BCUT2D eigenvalue weighted by Crippen LogP contribution is -2.10. The van der Waals surface area contributed by atoms with Gasteiger partial charge in [0.1, 0.15) is 11.4 Å². The summed E-state index contributed by atoms with van der Waals surface area (Å²) in [5, 5.41) is 0. The molecule has 1 aromatic carbocycles. The highest BCUT2D eigenvalue weighted by Gasteiger charge is 2.12. The Morgan fingerprint density at radius 1 is 1.17 bits per heavy atom. The fourth-order valence-electron chi connectivity index (χ4n) is 1.58. The summed E-state index contributed by atoms with van der Waals surface area (Å²) >= 11 is 0. The van der Waals surface area contributed by atoms with Crippen LogP contribution in [0.5, 0.6) is 5.75 Å². The van der Waals surface area contributed by atoms with Gasteiger partial charge in [0.05, 0.1) is 7.11 Å². The molecule has 2 rings (SSSR count). The maximum Gasteiger partial charge on any atom is 0.265 e. The molecule has 0 aliphatic rings. The van der Waals surface area contributed by atoms with Gasteiger partial charge in [0, 0.05) is 17.3 Å². The molecule has 0 aliphatic heterocycles. The molecule has 0 fully saturated rings. The van der Waals surface area contributed by atoms with E-state index >= 15 is 0 Å². The van der Waals surface area contributed by atoms with Crippen LogP contribution >= 0.6 is 0 Å². The van der Waals surface area contributed by atoms with Crippen molar-refractivity contribution in [2.24, 2.45) is 5.73 Å². The monoisotopic (exact) mass is 244 g/mol. The lowest BCUT2D eigenvalue weighted by Gasteiger charge is -2.01.